The van der Waals surface area contributed by atoms with E-state index in [-0.39, 0.29) is 40.0 Å². The molecule has 30 heavy (non-hydrogen) atoms. The Bertz CT molecular complexity index is 993. The van der Waals surface area contributed by atoms with Gasteiger partial charge in [-0.1, -0.05) is 30.2 Å². The summed E-state index contributed by atoms with van der Waals surface area (Å²) < 4.78 is 45.4. The van der Waals surface area contributed by atoms with Crippen molar-refractivity contribution >= 4 is 27.5 Å². The Labute approximate surface area is 181 Å². The van der Waals surface area contributed by atoms with Crippen LogP contribution in [0.4, 0.5) is 4.39 Å². The first kappa shape index (κ1) is 22.5. The zero-order valence-corrected chi connectivity index (χ0v) is 18.2. The molecule has 1 aliphatic rings. The average molecular weight is 455 g/mol. The molecule has 1 atom stereocenters. The fourth-order valence-electron chi connectivity index (χ4n) is 3.27. The first-order valence-corrected chi connectivity index (χ1v) is 11.6. The van der Waals surface area contributed by atoms with Crippen molar-refractivity contribution in [2.24, 2.45) is 0 Å². The number of nitrogens with one attached hydrogen (secondary N) is 1. The normalized spacial score (nSPS) is 16.1. The molecule has 1 heterocycles. The summed E-state index contributed by atoms with van der Waals surface area (Å²) in [4.78, 5) is 12.3. The van der Waals surface area contributed by atoms with E-state index >= 15 is 0 Å². The molecule has 2 aromatic carbocycles. The van der Waals surface area contributed by atoms with Crippen LogP contribution in [-0.2, 0) is 14.8 Å². The Kier molecular flexibility index (Phi) is 7.33. The van der Waals surface area contributed by atoms with Crippen molar-refractivity contribution < 1.29 is 22.3 Å². The van der Waals surface area contributed by atoms with E-state index in [1.165, 1.54) is 34.6 Å². The van der Waals surface area contributed by atoms with Gasteiger partial charge >= 0.3 is 0 Å². The number of rotatable bonds is 7. The number of hydrogen-bond donors (Lipinski definition) is 1. The van der Waals surface area contributed by atoms with Crippen molar-refractivity contribution in [3.63, 3.8) is 0 Å². The molecule has 6 nitrogen and oxygen atoms in total. The summed E-state index contributed by atoms with van der Waals surface area (Å²) in [5, 5.41) is 2.87. The van der Waals surface area contributed by atoms with E-state index in [1.54, 1.807) is 19.1 Å². The van der Waals surface area contributed by atoms with Crippen LogP contribution in [0.3, 0.4) is 0 Å². The SMILES string of the molecule is CC(NC(=O)COc1ccc(S(=O)(=O)N2CCCCC2)cc1Cl)c1ccc(F)cc1. The van der Waals surface area contributed by atoms with E-state index in [0.717, 1.165) is 24.8 Å². The summed E-state index contributed by atoms with van der Waals surface area (Å²) in [5.41, 5.74) is 0.759. The maximum atomic E-state index is 13.0. The quantitative estimate of drug-likeness (QED) is 0.688. The first-order chi connectivity index (χ1) is 14.3. The highest BCUT2D eigenvalue weighted by Gasteiger charge is 2.26. The van der Waals surface area contributed by atoms with Crippen molar-refractivity contribution in [3.8, 4) is 5.75 Å². The molecule has 0 aliphatic carbocycles. The van der Waals surface area contributed by atoms with Crippen molar-refractivity contribution in [3.05, 3.63) is 58.9 Å². The van der Waals surface area contributed by atoms with Gasteiger partial charge in [0, 0.05) is 13.1 Å². The van der Waals surface area contributed by atoms with Crippen LogP contribution in [0.25, 0.3) is 0 Å². The molecule has 1 unspecified atom stereocenters. The number of nitrogens with zero attached hydrogens (tertiary/aromatic N) is 1. The molecule has 162 valence electrons. The highest BCUT2D eigenvalue weighted by molar-refractivity contribution is 7.89. The maximum absolute atomic E-state index is 13.0. The second kappa shape index (κ2) is 9.76. The van der Waals surface area contributed by atoms with Crippen molar-refractivity contribution in [2.45, 2.75) is 37.1 Å². The Morgan fingerprint density at radius 3 is 2.47 bits per heavy atom. The molecule has 1 saturated heterocycles. The highest BCUT2D eigenvalue weighted by Crippen LogP contribution is 2.29. The van der Waals surface area contributed by atoms with Crippen molar-refractivity contribution in [1.82, 2.24) is 9.62 Å². The van der Waals surface area contributed by atoms with Gasteiger partial charge in [0.2, 0.25) is 10.0 Å². The summed E-state index contributed by atoms with van der Waals surface area (Å²) >= 11 is 6.20. The third-order valence-electron chi connectivity index (χ3n) is 4.96. The number of hydrogen-bond acceptors (Lipinski definition) is 4. The van der Waals surface area contributed by atoms with Gasteiger partial charge in [-0.3, -0.25) is 4.79 Å². The van der Waals surface area contributed by atoms with Crippen LogP contribution in [-0.4, -0.2) is 38.3 Å². The van der Waals surface area contributed by atoms with E-state index in [4.69, 9.17) is 16.3 Å². The van der Waals surface area contributed by atoms with Crippen LogP contribution >= 0.6 is 11.6 Å². The summed E-state index contributed by atoms with van der Waals surface area (Å²) in [6.07, 6.45) is 2.72. The third kappa shape index (κ3) is 5.50. The molecular weight excluding hydrogens is 431 g/mol. The van der Waals surface area contributed by atoms with Crippen LogP contribution in [0.5, 0.6) is 5.75 Å². The highest BCUT2D eigenvalue weighted by atomic mass is 35.5. The number of ether oxygens (including phenoxy) is 1. The molecule has 0 radical (unpaired) electrons. The van der Waals surface area contributed by atoms with Gasteiger partial charge in [-0.25, -0.2) is 12.8 Å². The lowest BCUT2D eigenvalue weighted by molar-refractivity contribution is -0.123. The predicted octanol–water partition coefficient (Wildman–Crippen LogP) is 3.91. The molecule has 2 aromatic rings. The van der Waals surface area contributed by atoms with Gasteiger partial charge in [-0.2, -0.15) is 4.31 Å². The monoisotopic (exact) mass is 454 g/mol. The molecule has 3 rings (SSSR count). The number of carbonyl (C=O) groups is 1. The number of carbonyl (C=O) groups excluding carboxylic acids is 1. The van der Waals surface area contributed by atoms with E-state index < -0.39 is 10.0 Å². The predicted molar refractivity (Wildman–Crippen MR) is 113 cm³/mol. The lowest BCUT2D eigenvalue weighted by atomic mass is 10.1. The summed E-state index contributed by atoms with van der Waals surface area (Å²) in [6.45, 7) is 2.50. The molecule has 0 spiro atoms. The van der Waals surface area contributed by atoms with Crippen molar-refractivity contribution in [2.75, 3.05) is 19.7 Å². The minimum absolute atomic E-state index is 0.108. The van der Waals surface area contributed by atoms with Gasteiger partial charge in [0.05, 0.1) is 16.0 Å². The Balaban J connectivity index is 1.59. The molecule has 1 fully saturated rings. The van der Waals surface area contributed by atoms with Crippen LogP contribution in [0, 0.1) is 5.82 Å². The van der Waals surface area contributed by atoms with Crippen LogP contribution in [0.2, 0.25) is 5.02 Å². The number of sulfonamides is 1. The van der Waals surface area contributed by atoms with E-state index in [0.29, 0.717) is 13.1 Å². The molecule has 9 heteroatoms. The number of piperidine rings is 1. The molecule has 0 aromatic heterocycles. The van der Waals surface area contributed by atoms with Crippen LogP contribution in [0.1, 0.15) is 37.8 Å². The number of halogens is 2. The average Bonchev–Trinajstić information content (AvgIpc) is 2.73. The first-order valence-electron chi connectivity index (χ1n) is 9.75. The van der Waals surface area contributed by atoms with Gasteiger partial charge in [0.25, 0.3) is 5.91 Å². The van der Waals surface area contributed by atoms with Gasteiger partial charge in [-0.15, -0.1) is 0 Å². The summed E-state index contributed by atoms with van der Waals surface area (Å²) in [5.74, 6) is -0.507. The fraction of sp³-hybridized carbons (Fsp3) is 0.381. The molecule has 1 N–H and O–H groups in total. The maximum Gasteiger partial charge on any atom is 0.258 e. The number of amides is 1. The second-order valence-corrected chi connectivity index (χ2v) is 9.53. The largest absolute Gasteiger partial charge is 0.482 e. The van der Waals surface area contributed by atoms with Gasteiger partial charge in [-0.05, 0) is 55.7 Å². The van der Waals surface area contributed by atoms with Gasteiger partial charge in [0.1, 0.15) is 11.6 Å². The van der Waals surface area contributed by atoms with Crippen molar-refractivity contribution in [1.29, 1.82) is 0 Å². The molecule has 0 bridgehead atoms. The lowest BCUT2D eigenvalue weighted by Gasteiger charge is -2.26. The Hall–Kier alpha value is -2.16. The van der Waals surface area contributed by atoms with E-state index in [2.05, 4.69) is 5.32 Å². The fourth-order valence-corrected chi connectivity index (χ4v) is 5.12. The smallest absolute Gasteiger partial charge is 0.258 e. The number of benzene rings is 2. The minimum Gasteiger partial charge on any atom is -0.482 e. The minimum atomic E-state index is -3.59. The molecule has 1 aliphatic heterocycles. The lowest BCUT2D eigenvalue weighted by Crippen LogP contribution is -2.35. The third-order valence-corrected chi connectivity index (χ3v) is 7.15. The zero-order chi connectivity index (χ0) is 21.7. The standard InChI is InChI=1S/C21H24ClFN2O4S/c1-15(16-5-7-17(23)8-6-16)24-21(26)14-29-20-10-9-18(13-19(20)22)30(27,28)25-11-3-2-4-12-25/h5-10,13,15H,2-4,11-12,14H2,1H3,(H,24,26). The molecular formula is C21H24ClFN2O4S. The summed E-state index contributed by atoms with van der Waals surface area (Å²) in [7, 11) is -3.59. The second-order valence-electron chi connectivity index (χ2n) is 7.19. The zero-order valence-electron chi connectivity index (χ0n) is 16.6. The van der Waals surface area contributed by atoms with Crippen LogP contribution in [0.15, 0.2) is 47.4 Å². The Morgan fingerprint density at radius 1 is 1.17 bits per heavy atom. The van der Waals surface area contributed by atoms with Crippen LogP contribution < -0.4 is 10.1 Å². The van der Waals surface area contributed by atoms with Gasteiger partial charge < -0.3 is 10.1 Å². The topological polar surface area (TPSA) is 75.7 Å². The summed E-state index contributed by atoms with van der Waals surface area (Å²) in [6, 6.07) is 9.76. The van der Waals surface area contributed by atoms with Gasteiger partial charge in [0.15, 0.2) is 6.61 Å². The Morgan fingerprint density at radius 2 is 1.83 bits per heavy atom. The van der Waals surface area contributed by atoms with E-state index in [1.807, 2.05) is 0 Å². The molecule has 0 saturated carbocycles. The van der Waals surface area contributed by atoms with E-state index in [9.17, 15) is 17.6 Å². The molecule has 1 amide bonds.